The Balaban J connectivity index is 1.31. The van der Waals surface area contributed by atoms with Gasteiger partial charge in [-0.25, -0.2) is 9.97 Å². The number of hydrogen-bond acceptors (Lipinski definition) is 6. The van der Waals surface area contributed by atoms with E-state index in [2.05, 4.69) is 9.88 Å². The lowest BCUT2D eigenvalue weighted by molar-refractivity contribution is -0.131. The maximum atomic E-state index is 12.6. The first-order valence-electron chi connectivity index (χ1n) is 10.5. The highest BCUT2D eigenvalue weighted by atomic mass is 16.5. The third kappa shape index (κ3) is 4.66. The van der Waals surface area contributed by atoms with Crippen molar-refractivity contribution in [3.63, 3.8) is 0 Å². The number of para-hydroxylation sites is 2. The van der Waals surface area contributed by atoms with E-state index in [9.17, 15) is 9.59 Å². The Kier molecular flexibility index (Phi) is 6.11. The van der Waals surface area contributed by atoms with E-state index >= 15 is 0 Å². The summed E-state index contributed by atoms with van der Waals surface area (Å²) in [5.41, 5.74) is 3.25. The highest BCUT2D eigenvalue weighted by Crippen LogP contribution is 2.21. The second kappa shape index (κ2) is 9.12. The van der Waals surface area contributed by atoms with E-state index in [1.807, 2.05) is 36.1 Å². The number of Topliss-reactive ketones (excluding diaryl/α,β-unsaturated/α-hetero) is 1. The number of aryl methyl sites for hydroxylation is 1. The molecule has 1 fully saturated rings. The Morgan fingerprint density at radius 3 is 2.19 bits per heavy atom. The standard InChI is InChI=1S/C24H26N4O3/c1-17-24(26-21-6-4-3-5-20(21)25-17)28-15-13-27(14-16-28)23(30)12-11-22(29)18-7-9-19(31-2)10-8-18/h3-10H,11-16H2,1-2H3. The summed E-state index contributed by atoms with van der Waals surface area (Å²) in [7, 11) is 1.59. The summed E-state index contributed by atoms with van der Waals surface area (Å²) >= 11 is 0. The summed E-state index contributed by atoms with van der Waals surface area (Å²) in [6, 6.07) is 14.8. The fraction of sp³-hybridized carbons (Fsp3) is 0.333. The fourth-order valence-electron chi connectivity index (χ4n) is 3.85. The molecule has 1 aromatic heterocycles. The molecule has 7 nitrogen and oxygen atoms in total. The van der Waals surface area contributed by atoms with Crippen molar-refractivity contribution < 1.29 is 14.3 Å². The minimum atomic E-state index is -0.0308. The van der Waals surface area contributed by atoms with Gasteiger partial charge in [0, 0.05) is 44.6 Å². The average Bonchev–Trinajstić information content (AvgIpc) is 2.82. The molecule has 4 rings (SSSR count). The number of ether oxygens (including phenoxy) is 1. The van der Waals surface area contributed by atoms with Gasteiger partial charge in [0.2, 0.25) is 5.91 Å². The highest BCUT2D eigenvalue weighted by molar-refractivity contribution is 5.98. The maximum absolute atomic E-state index is 12.6. The van der Waals surface area contributed by atoms with Gasteiger partial charge in [0.1, 0.15) is 5.75 Å². The van der Waals surface area contributed by atoms with Crippen molar-refractivity contribution in [1.29, 1.82) is 0 Å². The lowest BCUT2D eigenvalue weighted by Crippen LogP contribution is -2.49. The molecule has 31 heavy (non-hydrogen) atoms. The molecule has 1 amide bonds. The van der Waals surface area contributed by atoms with Crippen molar-refractivity contribution in [2.45, 2.75) is 19.8 Å². The number of carbonyl (C=O) groups excluding carboxylic acids is 2. The number of anilines is 1. The smallest absolute Gasteiger partial charge is 0.223 e. The van der Waals surface area contributed by atoms with E-state index in [4.69, 9.17) is 9.72 Å². The number of rotatable bonds is 6. The Morgan fingerprint density at radius 1 is 0.903 bits per heavy atom. The quantitative estimate of drug-likeness (QED) is 0.572. The van der Waals surface area contributed by atoms with Crippen molar-refractivity contribution in [3.8, 4) is 5.75 Å². The number of amides is 1. The fourth-order valence-corrected chi connectivity index (χ4v) is 3.85. The molecular formula is C24H26N4O3. The van der Waals surface area contributed by atoms with E-state index in [1.54, 1.807) is 31.4 Å². The molecule has 0 aliphatic carbocycles. The van der Waals surface area contributed by atoms with E-state index < -0.39 is 0 Å². The number of aromatic nitrogens is 2. The van der Waals surface area contributed by atoms with E-state index in [0.717, 1.165) is 22.5 Å². The molecule has 7 heteroatoms. The van der Waals surface area contributed by atoms with Gasteiger partial charge in [-0.15, -0.1) is 0 Å². The molecule has 0 saturated carbocycles. The molecule has 160 valence electrons. The SMILES string of the molecule is COc1ccc(C(=O)CCC(=O)N2CCN(c3nc4ccccc4nc3C)CC2)cc1. The monoisotopic (exact) mass is 418 g/mol. The molecule has 0 N–H and O–H groups in total. The predicted octanol–water partition coefficient (Wildman–Crippen LogP) is 3.26. The first kappa shape index (κ1) is 20.8. The van der Waals surface area contributed by atoms with Gasteiger partial charge in [-0.1, -0.05) is 12.1 Å². The predicted molar refractivity (Wildman–Crippen MR) is 120 cm³/mol. The third-order valence-corrected chi connectivity index (χ3v) is 5.63. The number of ketones is 1. The van der Waals surface area contributed by atoms with Crippen molar-refractivity contribution in [3.05, 3.63) is 59.8 Å². The van der Waals surface area contributed by atoms with E-state index in [0.29, 0.717) is 37.5 Å². The number of nitrogens with zero attached hydrogens (tertiary/aromatic N) is 4. The van der Waals surface area contributed by atoms with Crippen LogP contribution < -0.4 is 9.64 Å². The zero-order valence-electron chi connectivity index (χ0n) is 17.9. The minimum Gasteiger partial charge on any atom is -0.497 e. The van der Waals surface area contributed by atoms with Crippen LogP contribution in [0, 0.1) is 6.92 Å². The topological polar surface area (TPSA) is 75.6 Å². The first-order valence-corrected chi connectivity index (χ1v) is 10.5. The zero-order chi connectivity index (χ0) is 21.8. The van der Waals surface area contributed by atoms with Crippen LogP contribution in [-0.4, -0.2) is 59.8 Å². The summed E-state index contributed by atoms with van der Waals surface area (Å²) in [4.78, 5) is 38.5. The molecule has 0 radical (unpaired) electrons. The number of piperazine rings is 1. The van der Waals surface area contributed by atoms with E-state index in [-0.39, 0.29) is 24.5 Å². The molecule has 3 aromatic rings. The second-order valence-electron chi connectivity index (χ2n) is 7.64. The molecule has 1 aliphatic rings. The van der Waals surface area contributed by atoms with Gasteiger partial charge in [0.25, 0.3) is 0 Å². The molecule has 0 atom stereocenters. The first-order chi connectivity index (χ1) is 15.0. The number of carbonyl (C=O) groups is 2. The van der Waals surface area contributed by atoms with Crippen LogP contribution in [0.15, 0.2) is 48.5 Å². The van der Waals surface area contributed by atoms with Gasteiger partial charge in [0.05, 0.1) is 23.8 Å². The van der Waals surface area contributed by atoms with Crippen LogP contribution in [0.25, 0.3) is 11.0 Å². The molecule has 1 saturated heterocycles. The van der Waals surface area contributed by atoms with Crippen molar-refractivity contribution >= 4 is 28.5 Å². The summed E-state index contributed by atoms with van der Waals surface area (Å²) in [6.45, 7) is 4.60. The van der Waals surface area contributed by atoms with Gasteiger partial charge in [-0.2, -0.15) is 0 Å². The van der Waals surface area contributed by atoms with Crippen LogP contribution in [0.5, 0.6) is 5.75 Å². The highest BCUT2D eigenvalue weighted by Gasteiger charge is 2.24. The lowest BCUT2D eigenvalue weighted by Gasteiger charge is -2.36. The normalized spacial score (nSPS) is 14.0. The Hall–Kier alpha value is -3.48. The number of benzene rings is 2. The van der Waals surface area contributed by atoms with Gasteiger partial charge >= 0.3 is 0 Å². The largest absolute Gasteiger partial charge is 0.497 e. The lowest BCUT2D eigenvalue weighted by atomic mass is 10.1. The molecule has 1 aliphatic heterocycles. The number of methoxy groups -OCH3 is 1. The van der Waals surface area contributed by atoms with Gasteiger partial charge in [0.15, 0.2) is 11.6 Å². The number of fused-ring (bicyclic) bond motifs is 1. The Labute approximate surface area is 181 Å². The molecule has 2 aromatic carbocycles. The van der Waals surface area contributed by atoms with Gasteiger partial charge < -0.3 is 14.5 Å². The van der Waals surface area contributed by atoms with Crippen LogP contribution in [-0.2, 0) is 4.79 Å². The number of hydrogen-bond donors (Lipinski definition) is 0. The second-order valence-corrected chi connectivity index (χ2v) is 7.64. The van der Waals surface area contributed by atoms with Gasteiger partial charge in [-0.3, -0.25) is 9.59 Å². The average molecular weight is 418 g/mol. The maximum Gasteiger partial charge on any atom is 0.223 e. The molecule has 0 bridgehead atoms. The van der Waals surface area contributed by atoms with Crippen LogP contribution in [0.4, 0.5) is 5.82 Å². The van der Waals surface area contributed by atoms with Crippen LogP contribution >= 0.6 is 0 Å². The molecule has 0 spiro atoms. The Bertz CT molecular complexity index is 1090. The Morgan fingerprint density at radius 2 is 1.55 bits per heavy atom. The summed E-state index contributed by atoms with van der Waals surface area (Å²) < 4.78 is 5.11. The molecule has 0 unspecified atom stereocenters. The van der Waals surface area contributed by atoms with Crippen molar-refractivity contribution in [2.75, 3.05) is 38.2 Å². The third-order valence-electron chi connectivity index (χ3n) is 5.63. The van der Waals surface area contributed by atoms with Gasteiger partial charge in [-0.05, 0) is 43.3 Å². The molecule has 2 heterocycles. The summed E-state index contributed by atoms with van der Waals surface area (Å²) in [5, 5.41) is 0. The van der Waals surface area contributed by atoms with Crippen molar-refractivity contribution in [2.24, 2.45) is 0 Å². The van der Waals surface area contributed by atoms with E-state index in [1.165, 1.54) is 0 Å². The summed E-state index contributed by atoms with van der Waals surface area (Å²) in [6.07, 6.45) is 0.431. The zero-order valence-corrected chi connectivity index (χ0v) is 17.9. The minimum absolute atomic E-state index is 0.0165. The van der Waals surface area contributed by atoms with Crippen molar-refractivity contribution in [1.82, 2.24) is 14.9 Å². The van der Waals surface area contributed by atoms with Crippen LogP contribution in [0.2, 0.25) is 0 Å². The summed E-state index contributed by atoms with van der Waals surface area (Å²) in [5.74, 6) is 1.57. The molecular weight excluding hydrogens is 392 g/mol. The van der Waals surface area contributed by atoms with Crippen LogP contribution in [0.1, 0.15) is 28.9 Å². The van der Waals surface area contributed by atoms with Crippen LogP contribution in [0.3, 0.4) is 0 Å².